The fourth-order valence-corrected chi connectivity index (χ4v) is 2.46. The fraction of sp³-hybridized carbons (Fsp3) is 0.263. The molecule has 0 aliphatic carbocycles. The smallest absolute Gasteiger partial charge is 0.282 e. The first-order chi connectivity index (χ1) is 11.0. The molecule has 0 fully saturated rings. The zero-order chi connectivity index (χ0) is 16.8. The molecule has 3 N–H and O–H groups in total. The lowest BCUT2D eigenvalue weighted by molar-refractivity contribution is -0.709. The van der Waals surface area contributed by atoms with E-state index < -0.39 is 0 Å². The van der Waals surface area contributed by atoms with Crippen molar-refractivity contribution < 1.29 is 14.9 Å². The van der Waals surface area contributed by atoms with Crippen molar-refractivity contribution in [2.75, 3.05) is 5.32 Å². The minimum absolute atomic E-state index is 0.0154. The summed E-state index contributed by atoms with van der Waals surface area (Å²) >= 11 is 0. The van der Waals surface area contributed by atoms with E-state index in [0.29, 0.717) is 11.3 Å². The number of rotatable bonds is 6. The van der Waals surface area contributed by atoms with Crippen LogP contribution in [0, 0.1) is 0 Å². The van der Waals surface area contributed by atoms with Crippen LogP contribution >= 0.6 is 0 Å². The molecule has 0 aromatic heterocycles. The Morgan fingerprint density at radius 2 is 1.70 bits per heavy atom. The van der Waals surface area contributed by atoms with Gasteiger partial charge in [-0.05, 0) is 32.9 Å². The van der Waals surface area contributed by atoms with Crippen molar-refractivity contribution in [1.29, 1.82) is 0 Å². The molecular weight excluding hydrogens is 288 g/mol. The molecule has 0 aliphatic rings. The van der Waals surface area contributed by atoms with E-state index in [-0.39, 0.29) is 23.8 Å². The van der Waals surface area contributed by atoms with Gasteiger partial charge in [-0.15, -0.1) is 0 Å². The average molecular weight is 311 g/mol. The van der Waals surface area contributed by atoms with Crippen LogP contribution < -0.4 is 10.6 Å². The van der Waals surface area contributed by atoms with Crippen molar-refractivity contribution in [3.05, 3.63) is 65.7 Å². The third-order valence-electron chi connectivity index (χ3n) is 3.85. The molecule has 120 valence electrons. The van der Waals surface area contributed by atoms with Crippen LogP contribution in [0.4, 0.5) is 5.69 Å². The first-order valence-corrected chi connectivity index (χ1v) is 7.79. The SMILES string of the molecule is CC(=O)c1cccc(NC(=O)[C@H](C)[NH2+][C@H](C)c2ccccc2)c1. The van der Waals surface area contributed by atoms with E-state index in [1.807, 2.05) is 30.4 Å². The molecule has 2 atom stereocenters. The van der Waals surface area contributed by atoms with Crippen LogP contribution in [-0.4, -0.2) is 17.7 Å². The Morgan fingerprint density at radius 1 is 1.00 bits per heavy atom. The summed E-state index contributed by atoms with van der Waals surface area (Å²) in [7, 11) is 0. The number of carbonyl (C=O) groups is 2. The minimum atomic E-state index is -0.230. The van der Waals surface area contributed by atoms with Crippen LogP contribution in [0.5, 0.6) is 0 Å². The summed E-state index contributed by atoms with van der Waals surface area (Å²) in [6.45, 7) is 5.47. The van der Waals surface area contributed by atoms with Gasteiger partial charge in [0.1, 0.15) is 6.04 Å². The van der Waals surface area contributed by atoms with Gasteiger partial charge in [0.25, 0.3) is 5.91 Å². The molecule has 0 bridgehead atoms. The number of quaternary nitrogens is 1. The Hall–Kier alpha value is -2.46. The number of ketones is 1. The standard InChI is InChI=1S/C19H22N2O2/c1-13(16-8-5-4-6-9-16)20-14(2)19(23)21-18-11-7-10-17(12-18)15(3)22/h4-14,20H,1-3H3,(H,21,23)/p+1/t13-,14+/m1/s1. The van der Waals surface area contributed by atoms with E-state index in [4.69, 9.17) is 0 Å². The number of benzene rings is 2. The second kappa shape index (κ2) is 7.70. The van der Waals surface area contributed by atoms with Gasteiger partial charge >= 0.3 is 0 Å². The summed E-state index contributed by atoms with van der Waals surface area (Å²) in [6.07, 6.45) is 0. The molecule has 23 heavy (non-hydrogen) atoms. The normalized spacial score (nSPS) is 13.2. The van der Waals surface area contributed by atoms with Crippen molar-refractivity contribution in [1.82, 2.24) is 0 Å². The van der Waals surface area contributed by atoms with Crippen LogP contribution in [0.25, 0.3) is 0 Å². The van der Waals surface area contributed by atoms with Gasteiger partial charge in [0.05, 0.1) is 0 Å². The third-order valence-corrected chi connectivity index (χ3v) is 3.85. The molecule has 4 nitrogen and oxygen atoms in total. The number of nitrogens with two attached hydrogens (primary N) is 1. The molecule has 0 saturated carbocycles. The first-order valence-electron chi connectivity index (χ1n) is 7.79. The second-order valence-electron chi connectivity index (χ2n) is 5.81. The summed E-state index contributed by atoms with van der Waals surface area (Å²) in [5.74, 6) is -0.0908. The topological polar surface area (TPSA) is 62.8 Å². The Morgan fingerprint density at radius 3 is 2.35 bits per heavy atom. The minimum Gasteiger partial charge on any atom is -0.330 e. The number of amides is 1. The molecule has 0 aliphatic heterocycles. The van der Waals surface area contributed by atoms with Gasteiger partial charge in [0.2, 0.25) is 0 Å². The molecule has 0 saturated heterocycles. The van der Waals surface area contributed by atoms with Crippen LogP contribution in [0.1, 0.15) is 42.7 Å². The lowest BCUT2D eigenvalue weighted by Crippen LogP contribution is -2.91. The molecule has 1 amide bonds. The number of anilines is 1. The highest BCUT2D eigenvalue weighted by atomic mass is 16.2. The molecule has 2 aromatic carbocycles. The van der Waals surface area contributed by atoms with Gasteiger partial charge in [-0.1, -0.05) is 42.5 Å². The summed E-state index contributed by atoms with van der Waals surface area (Å²) in [5, 5.41) is 4.90. The zero-order valence-electron chi connectivity index (χ0n) is 13.7. The predicted molar refractivity (Wildman–Crippen MR) is 91.3 cm³/mol. The summed E-state index contributed by atoms with van der Waals surface area (Å²) < 4.78 is 0. The Kier molecular flexibility index (Phi) is 5.66. The van der Waals surface area contributed by atoms with Gasteiger partial charge in [-0.25, -0.2) is 0 Å². The maximum absolute atomic E-state index is 12.3. The van der Waals surface area contributed by atoms with E-state index in [0.717, 1.165) is 0 Å². The molecule has 4 heteroatoms. The Labute approximate surface area is 136 Å². The molecule has 0 radical (unpaired) electrons. The maximum Gasteiger partial charge on any atom is 0.282 e. The first kappa shape index (κ1) is 16.9. The average Bonchev–Trinajstić information content (AvgIpc) is 2.55. The zero-order valence-corrected chi connectivity index (χ0v) is 13.7. The van der Waals surface area contributed by atoms with Crippen molar-refractivity contribution in [3.8, 4) is 0 Å². The molecule has 0 heterocycles. The largest absolute Gasteiger partial charge is 0.330 e. The highest BCUT2D eigenvalue weighted by Crippen LogP contribution is 2.11. The van der Waals surface area contributed by atoms with E-state index in [9.17, 15) is 9.59 Å². The Bertz CT molecular complexity index is 683. The van der Waals surface area contributed by atoms with Gasteiger partial charge < -0.3 is 10.6 Å². The highest BCUT2D eigenvalue weighted by Gasteiger charge is 2.20. The van der Waals surface area contributed by atoms with Crippen molar-refractivity contribution in [2.45, 2.75) is 32.9 Å². The molecule has 0 unspecified atom stereocenters. The summed E-state index contributed by atoms with van der Waals surface area (Å²) in [5.41, 5.74) is 2.43. The number of nitrogens with one attached hydrogen (secondary N) is 1. The summed E-state index contributed by atoms with van der Waals surface area (Å²) in [4.78, 5) is 23.7. The molecule has 2 aromatic rings. The Balaban J connectivity index is 1.97. The van der Waals surface area contributed by atoms with Gasteiger partial charge in [0, 0.05) is 16.8 Å². The lowest BCUT2D eigenvalue weighted by atomic mass is 10.1. The summed E-state index contributed by atoms with van der Waals surface area (Å²) in [6, 6.07) is 17.1. The lowest BCUT2D eigenvalue weighted by Gasteiger charge is -2.17. The molecule has 0 spiro atoms. The van der Waals surface area contributed by atoms with Crippen molar-refractivity contribution in [2.24, 2.45) is 0 Å². The third kappa shape index (κ3) is 4.76. The number of carbonyl (C=O) groups excluding carboxylic acids is 2. The van der Waals surface area contributed by atoms with E-state index in [1.165, 1.54) is 12.5 Å². The number of Topliss-reactive ketones (excluding diaryl/α,β-unsaturated/α-hetero) is 1. The van der Waals surface area contributed by atoms with Crippen LogP contribution in [-0.2, 0) is 4.79 Å². The number of hydrogen-bond acceptors (Lipinski definition) is 2. The van der Waals surface area contributed by atoms with Gasteiger partial charge in [0.15, 0.2) is 11.8 Å². The van der Waals surface area contributed by atoms with Gasteiger partial charge in [-0.2, -0.15) is 0 Å². The highest BCUT2D eigenvalue weighted by molar-refractivity contribution is 5.97. The number of hydrogen-bond donors (Lipinski definition) is 2. The second-order valence-corrected chi connectivity index (χ2v) is 5.81. The quantitative estimate of drug-likeness (QED) is 0.805. The fourth-order valence-electron chi connectivity index (χ4n) is 2.46. The van der Waals surface area contributed by atoms with Crippen molar-refractivity contribution in [3.63, 3.8) is 0 Å². The maximum atomic E-state index is 12.3. The van der Waals surface area contributed by atoms with Crippen molar-refractivity contribution >= 4 is 17.4 Å². The van der Waals surface area contributed by atoms with Crippen LogP contribution in [0.15, 0.2) is 54.6 Å². The van der Waals surface area contributed by atoms with Crippen LogP contribution in [0.3, 0.4) is 0 Å². The van der Waals surface area contributed by atoms with Gasteiger partial charge in [-0.3, -0.25) is 9.59 Å². The van der Waals surface area contributed by atoms with E-state index in [1.54, 1.807) is 24.3 Å². The monoisotopic (exact) mass is 311 g/mol. The van der Waals surface area contributed by atoms with E-state index >= 15 is 0 Å². The molecular formula is C19H23N2O2+. The van der Waals surface area contributed by atoms with Crippen LogP contribution in [0.2, 0.25) is 0 Å². The van der Waals surface area contributed by atoms with E-state index in [2.05, 4.69) is 24.4 Å². The molecule has 2 rings (SSSR count). The predicted octanol–water partition coefficient (Wildman–Crippen LogP) is 2.54.